The highest BCUT2D eigenvalue weighted by Gasteiger charge is 2.01. The van der Waals surface area contributed by atoms with Crippen LogP contribution in [0.2, 0.25) is 0 Å². The number of allylic oxidation sites excluding steroid dienone is 2. The van der Waals surface area contributed by atoms with E-state index in [9.17, 15) is 0 Å². The maximum atomic E-state index is 3.70. The average molecular weight is 111 g/mol. The molecule has 0 aromatic carbocycles. The normalized spacial score (nSPS) is 13.0. The average Bonchev–Trinajstić information content (AvgIpc) is 1.59. The summed E-state index contributed by atoms with van der Waals surface area (Å²) in [6, 6.07) is 0. The van der Waals surface area contributed by atoms with Crippen molar-refractivity contribution in [3.05, 3.63) is 19.1 Å². The molecule has 0 atom stereocenters. The van der Waals surface area contributed by atoms with Gasteiger partial charge in [-0.05, 0) is 18.8 Å². The van der Waals surface area contributed by atoms with Crippen molar-refractivity contribution < 1.29 is 0 Å². The Morgan fingerprint density at radius 2 is 1.88 bits per heavy atom. The quantitative estimate of drug-likeness (QED) is 0.456. The number of hydrogen-bond donors (Lipinski definition) is 0. The van der Waals surface area contributed by atoms with E-state index in [1.54, 1.807) is 0 Å². The Morgan fingerprint density at radius 1 is 1.38 bits per heavy atom. The van der Waals surface area contributed by atoms with Crippen LogP contribution in [0, 0.1) is 12.3 Å². The van der Waals surface area contributed by atoms with E-state index in [-0.39, 0.29) is 0 Å². The van der Waals surface area contributed by atoms with Crippen LogP contribution in [0.1, 0.15) is 27.2 Å². The van der Waals surface area contributed by atoms with Crippen molar-refractivity contribution in [3.63, 3.8) is 0 Å². The predicted molar refractivity (Wildman–Crippen MR) is 38.6 cm³/mol. The third-order valence-corrected chi connectivity index (χ3v) is 0.785. The molecule has 0 heteroatoms. The van der Waals surface area contributed by atoms with Gasteiger partial charge >= 0.3 is 0 Å². The van der Waals surface area contributed by atoms with Crippen LogP contribution >= 0.6 is 0 Å². The zero-order chi connectivity index (χ0) is 6.62. The van der Waals surface area contributed by atoms with Gasteiger partial charge in [-0.25, -0.2) is 0 Å². The van der Waals surface area contributed by atoms with Crippen molar-refractivity contribution in [2.75, 3.05) is 0 Å². The van der Waals surface area contributed by atoms with Crippen LogP contribution in [0.5, 0.6) is 0 Å². The summed E-state index contributed by atoms with van der Waals surface area (Å²) in [5, 5.41) is 0. The Kier molecular flexibility index (Phi) is 2.81. The molecule has 0 aliphatic heterocycles. The molecule has 0 N–H and O–H groups in total. The van der Waals surface area contributed by atoms with Crippen molar-refractivity contribution in [3.8, 4) is 0 Å². The molecular formula is C8H15. The third kappa shape index (κ3) is 5.74. The molecule has 0 saturated heterocycles. The number of rotatable bonds is 1. The Bertz CT molecular complexity index is 72.5. The summed E-state index contributed by atoms with van der Waals surface area (Å²) in [5.41, 5.74) is 0.331. The van der Waals surface area contributed by atoms with E-state index in [4.69, 9.17) is 0 Å². The van der Waals surface area contributed by atoms with Crippen LogP contribution in [0.25, 0.3) is 0 Å². The summed E-state index contributed by atoms with van der Waals surface area (Å²) < 4.78 is 0. The lowest BCUT2D eigenvalue weighted by Crippen LogP contribution is -1.97. The zero-order valence-electron chi connectivity index (χ0n) is 6.07. The van der Waals surface area contributed by atoms with E-state index in [2.05, 4.69) is 39.8 Å². The minimum atomic E-state index is 0.331. The minimum absolute atomic E-state index is 0.331. The van der Waals surface area contributed by atoms with E-state index in [0.717, 1.165) is 6.42 Å². The highest BCUT2D eigenvalue weighted by molar-refractivity contribution is 4.92. The highest BCUT2D eigenvalue weighted by Crippen LogP contribution is 2.14. The second-order valence-electron chi connectivity index (χ2n) is 3.06. The maximum Gasteiger partial charge on any atom is -0.0203 e. The molecule has 0 heterocycles. The van der Waals surface area contributed by atoms with Crippen molar-refractivity contribution in [2.24, 2.45) is 5.41 Å². The molecule has 0 aromatic heterocycles. The van der Waals surface area contributed by atoms with Crippen molar-refractivity contribution in [2.45, 2.75) is 27.2 Å². The maximum absolute atomic E-state index is 3.70. The van der Waals surface area contributed by atoms with Crippen LogP contribution in [0.3, 0.4) is 0 Å². The summed E-state index contributed by atoms with van der Waals surface area (Å²) in [6.07, 6.45) is 5.18. The predicted octanol–water partition coefficient (Wildman–Crippen LogP) is 2.81. The molecule has 0 fully saturated rings. The number of hydrogen-bond acceptors (Lipinski definition) is 0. The van der Waals surface area contributed by atoms with E-state index in [1.807, 2.05) is 0 Å². The van der Waals surface area contributed by atoms with Gasteiger partial charge in [-0.3, -0.25) is 0 Å². The fraction of sp³-hybridized carbons (Fsp3) is 0.625. The lowest BCUT2D eigenvalue weighted by molar-refractivity contribution is 0.543. The second kappa shape index (κ2) is 2.91. The van der Waals surface area contributed by atoms with E-state index in [1.165, 1.54) is 0 Å². The topological polar surface area (TPSA) is 0 Å². The fourth-order valence-electron chi connectivity index (χ4n) is 0.437. The van der Waals surface area contributed by atoms with Gasteiger partial charge in [0.2, 0.25) is 0 Å². The smallest absolute Gasteiger partial charge is 0.0203 e. The summed E-state index contributed by atoms with van der Waals surface area (Å²) in [6.45, 7) is 10.2. The summed E-state index contributed by atoms with van der Waals surface area (Å²) in [7, 11) is 0. The standard InChI is InChI=1S/C8H15/c1-5-6-7-8(2,3)4/h6-7H,1,5H2,2-4H3/b7-6+. The Hall–Kier alpha value is -0.260. The second-order valence-corrected chi connectivity index (χ2v) is 3.06. The molecule has 0 nitrogen and oxygen atoms in total. The van der Waals surface area contributed by atoms with Gasteiger partial charge < -0.3 is 0 Å². The molecule has 47 valence electrons. The molecule has 0 saturated carbocycles. The summed E-state index contributed by atoms with van der Waals surface area (Å²) in [4.78, 5) is 0. The van der Waals surface area contributed by atoms with E-state index >= 15 is 0 Å². The lowest BCUT2D eigenvalue weighted by atomic mass is 9.96. The van der Waals surface area contributed by atoms with Gasteiger partial charge in [0, 0.05) is 0 Å². The largest absolute Gasteiger partial charge is 0.0880 e. The molecule has 8 heavy (non-hydrogen) atoms. The highest BCUT2D eigenvalue weighted by atomic mass is 14.1. The summed E-state index contributed by atoms with van der Waals surface area (Å²) >= 11 is 0. The Labute approximate surface area is 52.6 Å². The van der Waals surface area contributed by atoms with Crippen molar-refractivity contribution in [1.82, 2.24) is 0 Å². The van der Waals surface area contributed by atoms with Gasteiger partial charge in [-0.15, -0.1) is 0 Å². The Balaban J connectivity index is 3.52. The van der Waals surface area contributed by atoms with Gasteiger partial charge in [-0.2, -0.15) is 0 Å². The fourth-order valence-corrected chi connectivity index (χ4v) is 0.437. The first-order valence-corrected chi connectivity index (χ1v) is 3.03. The zero-order valence-corrected chi connectivity index (χ0v) is 6.07. The first-order chi connectivity index (χ1) is 3.56. The SMILES string of the molecule is [CH2]C/C=C/C(C)(C)C. The first-order valence-electron chi connectivity index (χ1n) is 3.03. The van der Waals surface area contributed by atoms with Gasteiger partial charge in [0.25, 0.3) is 0 Å². The van der Waals surface area contributed by atoms with E-state index in [0.29, 0.717) is 5.41 Å². The minimum Gasteiger partial charge on any atom is -0.0880 e. The van der Waals surface area contributed by atoms with E-state index < -0.39 is 0 Å². The summed E-state index contributed by atoms with van der Waals surface area (Å²) in [5.74, 6) is 0. The molecule has 0 aliphatic carbocycles. The van der Waals surface area contributed by atoms with Gasteiger partial charge in [0.05, 0.1) is 0 Å². The Morgan fingerprint density at radius 3 is 2.00 bits per heavy atom. The molecule has 0 rings (SSSR count). The monoisotopic (exact) mass is 111 g/mol. The van der Waals surface area contributed by atoms with Crippen LogP contribution in [-0.4, -0.2) is 0 Å². The molecule has 1 radical (unpaired) electrons. The molecule has 0 spiro atoms. The van der Waals surface area contributed by atoms with Crippen LogP contribution in [0.15, 0.2) is 12.2 Å². The molecule has 0 aromatic rings. The third-order valence-electron chi connectivity index (χ3n) is 0.785. The molecule has 0 unspecified atom stereocenters. The van der Waals surface area contributed by atoms with Crippen LogP contribution < -0.4 is 0 Å². The van der Waals surface area contributed by atoms with Crippen molar-refractivity contribution in [1.29, 1.82) is 0 Å². The van der Waals surface area contributed by atoms with Gasteiger partial charge in [0.1, 0.15) is 0 Å². The molecular weight excluding hydrogens is 96.1 g/mol. The molecule has 0 aliphatic rings. The lowest BCUT2D eigenvalue weighted by Gasteiger charge is -2.10. The van der Waals surface area contributed by atoms with Crippen molar-refractivity contribution >= 4 is 0 Å². The van der Waals surface area contributed by atoms with Gasteiger partial charge in [-0.1, -0.05) is 32.9 Å². The van der Waals surface area contributed by atoms with Gasteiger partial charge in [0.15, 0.2) is 0 Å². The molecule has 0 bridgehead atoms. The van der Waals surface area contributed by atoms with Crippen LogP contribution in [-0.2, 0) is 0 Å². The van der Waals surface area contributed by atoms with Crippen LogP contribution in [0.4, 0.5) is 0 Å². The first kappa shape index (κ1) is 7.74. The molecule has 0 amide bonds.